The van der Waals surface area contributed by atoms with Crippen molar-refractivity contribution in [2.24, 2.45) is 0 Å². The van der Waals surface area contributed by atoms with E-state index in [2.05, 4.69) is 358 Å². The summed E-state index contributed by atoms with van der Waals surface area (Å²) < 4.78 is 0. The Balaban J connectivity index is 0.000000178. The average molecular weight is 1200 g/mol. The van der Waals surface area contributed by atoms with Gasteiger partial charge in [-0.1, -0.05) is 248 Å². The van der Waals surface area contributed by atoms with E-state index in [1.165, 1.54) is 143 Å². The zero-order valence-electron chi connectivity index (χ0n) is 55.6. The summed E-state index contributed by atoms with van der Waals surface area (Å²) in [5.74, 6) is 0.421. The maximum Gasteiger partial charge on any atom is 0.0464 e. The monoisotopic (exact) mass is 1200 g/mol. The molecule has 1 aliphatic rings. The normalized spacial score (nSPS) is 12.7. The Kier molecular flexibility index (Phi) is 18.8. The Hall–Kier alpha value is -9.76. The van der Waals surface area contributed by atoms with E-state index < -0.39 is 0 Å². The third-order valence-corrected chi connectivity index (χ3v) is 19.2. The second-order valence-electron chi connectivity index (χ2n) is 26.4. The van der Waals surface area contributed by atoms with Crippen molar-refractivity contribution in [2.45, 2.75) is 119 Å². The van der Waals surface area contributed by atoms with Crippen molar-refractivity contribution in [3.05, 3.63) is 379 Å². The van der Waals surface area contributed by atoms with Crippen LogP contribution in [-0.2, 0) is 5.41 Å². The topological polar surface area (TPSA) is 6.48 Å². The number of hydrogen-bond donors (Lipinski definition) is 0. The summed E-state index contributed by atoms with van der Waals surface area (Å²) in [5.41, 5.74) is 33.2. The van der Waals surface area contributed by atoms with Gasteiger partial charge in [-0.15, -0.1) is 0 Å². The lowest BCUT2D eigenvalue weighted by molar-refractivity contribution is 0.346. The average Bonchev–Trinajstić information content (AvgIpc) is 0.831. The third-order valence-electron chi connectivity index (χ3n) is 19.2. The number of benzene rings is 12. The Morgan fingerprint density at radius 1 is 0.239 bits per heavy atom. The van der Waals surface area contributed by atoms with Crippen LogP contribution in [-0.4, -0.2) is 0 Å². The van der Waals surface area contributed by atoms with Gasteiger partial charge in [0.25, 0.3) is 0 Å². The van der Waals surface area contributed by atoms with Gasteiger partial charge in [0.2, 0.25) is 0 Å². The lowest BCUT2D eigenvalue weighted by Gasteiger charge is -2.39. The first-order chi connectivity index (χ1) is 44.7. The van der Waals surface area contributed by atoms with E-state index in [0.717, 1.165) is 34.1 Å². The van der Waals surface area contributed by atoms with E-state index in [4.69, 9.17) is 0 Å². The fourth-order valence-corrected chi connectivity index (χ4v) is 14.2. The first-order valence-corrected chi connectivity index (χ1v) is 33.2. The molecule has 13 rings (SSSR count). The van der Waals surface area contributed by atoms with Crippen molar-refractivity contribution < 1.29 is 0 Å². The van der Waals surface area contributed by atoms with Crippen LogP contribution in [0.5, 0.6) is 0 Å². The minimum absolute atomic E-state index is 0.0434. The van der Waals surface area contributed by atoms with Crippen LogP contribution < -0.4 is 9.80 Å². The van der Waals surface area contributed by atoms with Gasteiger partial charge in [-0.2, -0.15) is 0 Å². The van der Waals surface area contributed by atoms with Crippen molar-refractivity contribution in [2.75, 3.05) is 9.80 Å². The highest BCUT2D eigenvalue weighted by Gasteiger charge is 2.36. The number of anilines is 6. The Bertz CT molecular complexity index is 3980. The molecule has 0 aromatic heterocycles. The van der Waals surface area contributed by atoms with Crippen LogP contribution in [0.4, 0.5) is 34.1 Å². The van der Waals surface area contributed by atoms with E-state index in [0.29, 0.717) is 0 Å². The maximum atomic E-state index is 2.45. The fourth-order valence-electron chi connectivity index (χ4n) is 14.2. The number of hydrogen-bond acceptors (Lipinski definition) is 2. The second-order valence-corrected chi connectivity index (χ2v) is 26.4. The van der Waals surface area contributed by atoms with E-state index in [1.54, 1.807) is 0 Å². The Morgan fingerprint density at radius 3 is 0.739 bits per heavy atom. The summed E-state index contributed by atoms with van der Waals surface area (Å²) in [5, 5.41) is 0. The van der Waals surface area contributed by atoms with Crippen LogP contribution in [0.25, 0.3) is 11.1 Å². The van der Waals surface area contributed by atoms with Crippen molar-refractivity contribution in [3.63, 3.8) is 0 Å². The Labute approximate surface area is 549 Å². The first kappa shape index (κ1) is 62.4. The summed E-state index contributed by atoms with van der Waals surface area (Å²) in [7, 11) is 0. The summed E-state index contributed by atoms with van der Waals surface area (Å²) in [6, 6.07) is 104. The second kappa shape index (κ2) is 27.8. The van der Waals surface area contributed by atoms with Gasteiger partial charge in [0, 0.05) is 51.4 Å². The molecule has 0 N–H and O–H groups in total. The molecule has 0 radical (unpaired) electrons. The number of nitrogens with zero attached hydrogens (tertiary/aromatic N) is 2. The van der Waals surface area contributed by atoms with E-state index >= 15 is 0 Å². The van der Waals surface area contributed by atoms with Gasteiger partial charge in [-0.05, 0) is 244 Å². The van der Waals surface area contributed by atoms with Gasteiger partial charge >= 0.3 is 0 Å². The molecule has 0 bridgehead atoms. The summed E-state index contributed by atoms with van der Waals surface area (Å²) in [6.07, 6.45) is 6.26. The molecule has 0 unspecified atom stereocenters. The third kappa shape index (κ3) is 13.9. The smallest absolute Gasteiger partial charge is 0.0464 e. The van der Waals surface area contributed by atoms with Crippen LogP contribution in [0.15, 0.2) is 279 Å². The summed E-state index contributed by atoms with van der Waals surface area (Å²) in [6.45, 7) is 21.7. The molecular formula is C90H88N2. The van der Waals surface area contributed by atoms with Gasteiger partial charge in [0.1, 0.15) is 0 Å². The molecular weight excluding hydrogens is 1110 g/mol. The van der Waals surface area contributed by atoms with Crippen molar-refractivity contribution in [1.82, 2.24) is 0 Å². The molecule has 1 aliphatic carbocycles. The lowest BCUT2D eigenvalue weighted by atomic mass is 9.65. The predicted octanol–water partition coefficient (Wildman–Crippen LogP) is 24.7. The fraction of sp³-hybridized carbons (Fsp3) is 0.200. The maximum absolute atomic E-state index is 2.45. The molecule has 1 saturated carbocycles. The number of rotatable bonds is 15. The van der Waals surface area contributed by atoms with Crippen molar-refractivity contribution in [1.29, 1.82) is 0 Å². The van der Waals surface area contributed by atoms with Crippen molar-refractivity contribution >= 4 is 34.1 Å². The van der Waals surface area contributed by atoms with Crippen LogP contribution in [0.1, 0.15) is 144 Å². The molecule has 0 heterocycles. The molecule has 92 heavy (non-hydrogen) atoms. The molecule has 0 atom stereocenters. The molecule has 1 fully saturated rings. The SMILES string of the molecule is Cc1ccc(C(c2ccc(C)cc2)c2ccc(C3(c4ccc(C(c5ccc(C)cc5)c5ccc(C)cc5)cc4)CCCCC3)cc2)cc1.Cc1cccc(N(c2cccc(C)c2)c2ccc(-c3ccc(N(c4cccc(C)c4)c4cccc(C)c4)cc3C)c(C)c2)c1. The molecule has 2 heteroatoms. The van der Waals surface area contributed by atoms with E-state index in [9.17, 15) is 0 Å². The molecule has 458 valence electrons. The number of aryl methyl sites for hydroxylation is 10. The molecule has 12 aromatic rings. The molecule has 0 amide bonds. The summed E-state index contributed by atoms with van der Waals surface area (Å²) in [4.78, 5) is 4.71. The quantitative estimate of drug-likeness (QED) is 0.0944. The zero-order valence-corrected chi connectivity index (χ0v) is 55.6. The standard InChI is InChI=1S/C48H48.C42H40N2/c1-34-8-16-38(17-9-34)46(39-18-10-35(2)11-19-39)42-24-28-44(29-25-42)48(32-6-5-7-33-48)45-30-26-43(27-31-45)47(40-20-12-36(3)13-21-40)41-22-14-37(4)15-23-41;1-29-11-7-15-35(23-29)43(36-16-8-12-30(2)24-36)39-19-21-41(33(5)27-39)42-22-20-40(28-34(42)6)44(37-17-9-13-31(3)25-37)38-18-10-14-32(4)26-38/h8-31,46-47H,5-7,32-33H2,1-4H3;7-28H,1-6H3. The van der Waals surface area contributed by atoms with Gasteiger partial charge < -0.3 is 9.80 Å². The van der Waals surface area contributed by atoms with Crippen LogP contribution >= 0.6 is 0 Å². The molecule has 12 aromatic carbocycles. The lowest BCUT2D eigenvalue weighted by Crippen LogP contribution is -2.30. The van der Waals surface area contributed by atoms with E-state index in [1.807, 2.05) is 0 Å². The molecule has 0 spiro atoms. The zero-order chi connectivity index (χ0) is 63.9. The highest BCUT2D eigenvalue weighted by atomic mass is 15.1. The minimum Gasteiger partial charge on any atom is -0.310 e. The van der Waals surface area contributed by atoms with Crippen molar-refractivity contribution in [3.8, 4) is 11.1 Å². The minimum atomic E-state index is 0.0434. The highest BCUT2D eigenvalue weighted by Crippen LogP contribution is 2.47. The van der Waals surface area contributed by atoms with Crippen LogP contribution in [0, 0.1) is 69.2 Å². The largest absolute Gasteiger partial charge is 0.310 e. The van der Waals surface area contributed by atoms with Gasteiger partial charge in [0.05, 0.1) is 0 Å². The van der Waals surface area contributed by atoms with Gasteiger partial charge in [0.15, 0.2) is 0 Å². The highest BCUT2D eigenvalue weighted by molar-refractivity contribution is 5.83. The molecule has 0 aliphatic heterocycles. The van der Waals surface area contributed by atoms with Gasteiger partial charge in [-0.25, -0.2) is 0 Å². The van der Waals surface area contributed by atoms with Gasteiger partial charge in [-0.3, -0.25) is 0 Å². The first-order valence-electron chi connectivity index (χ1n) is 33.2. The molecule has 2 nitrogen and oxygen atoms in total. The van der Waals surface area contributed by atoms with Crippen LogP contribution in [0.2, 0.25) is 0 Å². The predicted molar refractivity (Wildman–Crippen MR) is 393 cm³/mol. The summed E-state index contributed by atoms with van der Waals surface area (Å²) >= 11 is 0. The molecule has 0 saturated heterocycles. The van der Waals surface area contributed by atoms with Crippen LogP contribution in [0.3, 0.4) is 0 Å². The van der Waals surface area contributed by atoms with E-state index in [-0.39, 0.29) is 17.3 Å². The Morgan fingerprint density at radius 2 is 0.489 bits per heavy atom.